The third-order valence-electron chi connectivity index (χ3n) is 4.98. The maximum atomic E-state index is 12.3. The molecule has 0 aliphatic carbocycles. The van der Waals surface area contributed by atoms with Crippen molar-refractivity contribution in [2.45, 2.75) is 38.8 Å². The Balaban J connectivity index is 1.67. The van der Waals surface area contributed by atoms with Gasteiger partial charge in [-0.2, -0.15) is 0 Å². The average molecular weight is 448 g/mol. The molecule has 0 radical (unpaired) electrons. The van der Waals surface area contributed by atoms with Crippen molar-refractivity contribution in [1.29, 1.82) is 0 Å². The van der Waals surface area contributed by atoms with Gasteiger partial charge in [0.05, 0.1) is 0 Å². The molecular formula is C27H29NO5. The molecule has 0 aliphatic heterocycles. The Morgan fingerprint density at radius 3 is 1.88 bits per heavy atom. The van der Waals surface area contributed by atoms with Crippen molar-refractivity contribution in [3.63, 3.8) is 0 Å². The topological polar surface area (TPSA) is 76.1 Å². The first-order valence-electron chi connectivity index (χ1n) is 10.7. The third-order valence-corrected chi connectivity index (χ3v) is 4.98. The standard InChI is InChI=1S/C27H29NO5/c1-27(2,3)33-26(31)28(4)24(25(29)30)18-19-10-12-20(13-11-19)21-14-16-23(17-15-21)32-22-8-6-5-7-9-22/h5-17,24H,18H2,1-4H3,(H,29,30). The number of likely N-dealkylation sites (N-methyl/N-ethyl adjacent to an activating group) is 1. The number of amides is 1. The van der Waals surface area contributed by atoms with E-state index in [0.29, 0.717) is 0 Å². The van der Waals surface area contributed by atoms with Crippen molar-refractivity contribution in [2.75, 3.05) is 7.05 Å². The van der Waals surface area contributed by atoms with E-state index in [-0.39, 0.29) is 6.42 Å². The number of aliphatic carboxylic acids is 1. The lowest BCUT2D eigenvalue weighted by molar-refractivity contribution is -0.142. The summed E-state index contributed by atoms with van der Waals surface area (Å²) >= 11 is 0. The summed E-state index contributed by atoms with van der Waals surface area (Å²) in [7, 11) is 1.44. The highest BCUT2D eigenvalue weighted by Crippen LogP contribution is 2.26. The number of benzene rings is 3. The van der Waals surface area contributed by atoms with Crippen LogP contribution in [0.2, 0.25) is 0 Å². The molecule has 0 aliphatic rings. The second-order valence-corrected chi connectivity index (χ2v) is 8.79. The van der Waals surface area contributed by atoms with E-state index in [9.17, 15) is 14.7 Å². The number of para-hydroxylation sites is 1. The molecule has 6 heteroatoms. The highest BCUT2D eigenvalue weighted by molar-refractivity contribution is 5.80. The molecule has 0 saturated heterocycles. The van der Waals surface area contributed by atoms with Gasteiger partial charge in [0.2, 0.25) is 0 Å². The van der Waals surface area contributed by atoms with Gasteiger partial charge in [0.25, 0.3) is 0 Å². The van der Waals surface area contributed by atoms with Crippen LogP contribution in [0.5, 0.6) is 11.5 Å². The quantitative estimate of drug-likeness (QED) is 0.480. The Morgan fingerprint density at radius 1 is 0.848 bits per heavy atom. The van der Waals surface area contributed by atoms with Crippen LogP contribution in [0, 0.1) is 0 Å². The lowest BCUT2D eigenvalue weighted by atomic mass is 10.00. The Morgan fingerprint density at radius 2 is 1.36 bits per heavy atom. The van der Waals surface area contributed by atoms with Gasteiger partial charge in [-0.1, -0.05) is 54.6 Å². The van der Waals surface area contributed by atoms with Crippen molar-refractivity contribution < 1.29 is 24.2 Å². The number of ether oxygens (including phenoxy) is 2. The maximum Gasteiger partial charge on any atom is 0.410 e. The van der Waals surface area contributed by atoms with Crippen LogP contribution in [0.4, 0.5) is 4.79 Å². The molecule has 3 aromatic carbocycles. The molecule has 172 valence electrons. The summed E-state index contributed by atoms with van der Waals surface area (Å²) < 4.78 is 11.1. The number of hydrogen-bond acceptors (Lipinski definition) is 4. The molecule has 0 bridgehead atoms. The van der Waals surface area contributed by atoms with E-state index < -0.39 is 23.7 Å². The fraction of sp³-hybridized carbons (Fsp3) is 0.259. The predicted octanol–water partition coefficient (Wildman–Crippen LogP) is 6.01. The molecule has 0 spiro atoms. The number of nitrogens with zero attached hydrogens (tertiary/aromatic N) is 1. The summed E-state index contributed by atoms with van der Waals surface area (Å²) in [6.45, 7) is 5.23. The van der Waals surface area contributed by atoms with Gasteiger partial charge in [0.1, 0.15) is 23.1 Å². The summed E-state index contributed by atoms with van der Waals surface area (Å²) in [6.07, 6.45) is -0.487. The van der Waals surface area contributed by atoms with E-state index in [1.807, 2.05) is 78.9 Å². The number of rotatable bonds is 7. The normalized spacial score (nSPS) is 12.0. The zero-order valence-electron chi connectivity index (χ0n) is 19.3. The second kappa shape index (κ2) is 10.2. The lowest BCUT2D eigenvalue weighted by Crippen LogP contribution is -2.46. The fourth-order valence-electron chi connectivity index (χ4n) is 3.25. The highest BCUT2D eigenvalue weighted by atomic mass is 16.6. The van der Waals surface area contributed by atoms with E-state index >= 15 is 0 Å². The van der Waals surface area contributed by atoms with Crippen molar-refractivity contribution >= 4 is 12.1 Å². The minimum Gasteiger partial charge on any atom is -0.480 e. The monoisotopic (exact) mass is 447 g/mol. The maximum absolute atomic E-state index is 12.3. The van der Waals surface area contributed by atoms with Crippen LogP contribution in [0.1, 0.15) is 26.3 Å². The molecule has 1 atom stereocenters. The van der Waals surface area contributed by atoms with Gasteiger partial charge >= 0.3 is 12.1 Å². The first-order chi connectivity index (χ1) is 15.6. The highest BCUT2D eigenvalue weighted by Gasteiger charge is 2.30. The first-order valence-corrected chi connectivity index (χ1v) is 10.7. The molecule has 3 aromatic rings. The van der Waals surface area contributed by atoms with Crippen LogP contribution in [0.15, 0.2) is 78.9 Å². The minimum atomic E-state index is -1.08. The summed E-state index contributed by atoms with van der Waals surface area (Å²) in [5.41, 5.74) is 2.13. The van der Waals surface area contributed by atoms with Crippen molar-refractivity contribution in [1.82, 2.24) is 4.90 Å². The molecular weight excluding hydrogens is 418 g/mol. The molecule has 0 aromatic heterocycles. The number of carbonyl (C=O) groups excluding carboxylic acids is 1. The molecule has 33 heavy (non-hydrogen) atoms. The molecule has 0 saturated carbocycles. The molecule has 1 unspecified atom stereocenters. The van der Waals surface area contributed by atoms with Crippen LogP contribution in [0.3, 0.4) is 0 Å². The van der Waals surface area contributed by atoms with E-state index in [4.69, 9.17) is 9.47 Å². The Bertz CT molecular complexity index is 1070. The third kappa shape index (κ3) is 6.84. The Labute approximate surface area is 194 Å². The smallest absolute Gasteiger partial charge is 0.410 e. The van der Waals surface area contributed by atoms with E-state index in [1.165, 1.54) is 7.05 Å². The molecule has 0 fully saturated rings. The lowest BCUT2D eigenvalue weighted by Gasteiger charge is -2.28. The minimum absolute atomic E-state index is 0.176. The van der Waals surface area contributed by atoms with Crippen LogP contribution in [-0.4, -0.2) is 40.8 Å². The van der Waals surface area contributed by atoms with Crippen LogP contribution < -0.4 is 4.74 Å². The number of carboxylic acid groups (broad SMARTS) is 1. The molecule has 1 N–H and O–H groups in total. The Hall–Kier alpha value is -3.80. The zero-order valence-corrected chi connectivity index (χ0v) is 19.3. The van der Waals surface area contributed by atoms with Gasteiger partial charge in [-0.25, -0.2) is 9.59 Å². The van der Waals surface area contributed by atoms with E-state index in [0.717, 1.165) is 33.1 Å². The molecule has 1 amide bonds. The van der Waals surface area contributed by atoms with Crippen LogP contribution in [-0.2, 0) is 16.0 Å². The van der Waals surface area contributed by atoms with Crippen LogP contribution in [0.25, 0.3) is 11.1 Å². The molecule has 3 rings (SSSR count). The summed E-state index contributed by atoms with van der Waals surface area (Å²) in [5.74, 6) is 0.441. The van der Waals surface area contributed by atoms with E-state index in [1.54, 1.807) is 20.8 Å². The van der Waals surface area contributed by atoms with Gasteiger partial charge in [0.15, 0.2) is 0 Å². The number of hydrogen-bond donors (Lipinski definition) is 1. The van der Waals surface area contributed by atoms with Gasteiger partial charge in [-0.3, -0.25) is 4.90 Å². The van der Waals surface area contributed by atoms with Crippen LogP contribution >= 0.6 is 0 Å². The van der Waals surface area contributed by atoms with E-state index in [2.05, 4.69) is 0 Å². The Kier molecular flexibility index (Phi) is 7.38. The summed E-state index contributed by atoms with van der Waals surface area (Å²) in [4.78, 5) is 25.2. The summed E-state index contributed by atoms with van der Waals surface area (Å²) in [5, 5.41) is 9.66. The second-order valence-electron chi connectivity index (χ2n) is 8.79. The average Bonchev–Trinajstić information content (AvgIpc) is 2.77. The molecule has 6 nitrogen and oxygen atoms in total. The summed E-state index contributed by atoms with van der Waals surface area (Å²) in [6, 6.07) is 24.0. The number of carboxylic acids is 1. The first kappa shape index (κ1) is 23.9. The van der Waals surface area contributed by atoms with Gasteiger partial charge in [-0.15, -0.1) is 0 Å². The largest absolute Gasteiger partial charge is 0.480 e. The van der Waals surface area contributed by atoms with Gasteiger partial charge in [0, 0.05) is 13.5 Å². The van der Waals surface area contributed by atoms with Crippen molar-refractivity contribution in [3.05, 3.63) is 84.4 Å². The van der Waals surface area contributed by atoms with Gasteiger partial charge < -0.3 is 14.6 Å². The molecule has 0 heterocycles. The SMILES string of the molecule is CN(C(=O)OC(C)(C)C)C(Cc1ccc(-c2ccc(Oc3ccccc3)cc2)cc1)C(=O)O. The fourth-order valence-corrected chi connectivity index (χ4v) is 3.25. The van der Waals surface area contributed by atoms with Gasteiger partial charge in [-0.05, 0) is 61.7 Å². The number of carbonyl (C=O) groups is 2. The van der Waals surface area contributed by atoms with Crippen molar-refractivity contribution in [2.24, 2.45) is 0 Å². The zero-order chi connectivity index (χ0) is 24.0. The predicted molar refractivity (Wildman–Crippen MR) is 128 cm³/mol. The van der Waals surface area contributed by atoms with Crippen molar-refractivity contribution in [3.8, 4) is 22.6 Å².